The maximum Gasteiger partial charge on any atom is 0.387 e. The van der Waals surface area contributed by atoms with Crippen LogP contribution in [0, 0.1) is 0 Å². The molecule has 0 atom stereocenters. The van der Waals surface area contributed by atoms with Crippen LogP contribution in [0.1, 0.15) is 23.2 Å². The molecule has 96 valence electrons. The van der Waals surface area contributed by atoms with Crippen molar-refractivity contribution < 1.29 is 23.0 Å². The summed E-state index contributed by atoms with van der Waals surface area (Å²) in [5.41, 5.74) is 1.04. The lowest BCUT2D eigenvalue weighted by Gasteiger charge is -2.12. The minimum Gasteiger partial charge on any atom is -0.501 e. The summed E-state index contributed by atoms with van der Waals surface area (Å²) in [6, 6.07) is 5.64. The lowest BCUT2D eigenvalue weighted by molar-refractivity contribution is -0.0498. The number of carbonyl (C=O) groups excluding carboxylic acids is 1. The molecule has 0 amide bonds. The molecule has 0 radical (unpaired) electrons. The molecule has 3 nitrogen and oxygen atoms in total. The number of hydrogen-bond acceptors (Lipinski definition) is 3. The van der Waals surface area contributed by atoms with Gasteiger partial charge in [-0.15, -0.1) is 0 Å². The Hall–Kier alpha value is -1.91. The van der Waals surface area contributed by atoms with Gasteiger partial charge in [-0.2, -0.15) is 8.78 Å². The molecule has 1 aromatic rings. The van der Waals surface area contributed by atoms with Crippen molar-refractivity contribution in [1.29, 1.82) is 0 Å². The van der Waals surface area contributed by atoms with Crippen molar-refractivity contribution in [2.24, 2.45) is 0 Å². The van der Waals surface area contributed by atoms with Crippen LogP contribution in [0.5, 0.6) is 5.75 Å². The molecule has 1 heterocycles. The Balaban J connectivity index is 2.09. The van der Waals surface area contributed by atoms with Crippen molar-refractivity contribution >= 4 is 5.78 Å². The molecule has 1 aromatic carbocycles. The van der Waals surface area contributed by atoms with Gasteiger partial charge in [-0.05, 0) is 37.1 Å². The molecule has 0 fully saturated rings. The van der Waals surface area contributed by atoms with Crippen LogP contribution in [0.2, 0.25) is 0 Å². The Kier molecular flexibility index (Phi) is 3.92. The van der Waals surface area contributed by atoms with Crippen molar-refractivity contribution in [2.75, 3.05) is 6.61 Å². The van der Waals surface area contributed by atoms with Crippen LogP contribution >= 0.6 is 0 Å². The third-order valence-electron chi connectivity index (χ3n) is 2.57. The normalized spacial score (nSPS) is 14.9. The summed E-state index contributed by atoms with van der Waals surface area (Å²) in [5.74, 6) is -0.103. The second kappa shape index (κ2) is 5.62. The first-order valence-electron chi connectivity index (χ1n) is 5.57. The van der Waals surface area contributed by atoms with E-state index in [2.05, 4.69) is 4.74 Å². The standard InChI is InChI=1S/C13H12F2O3/c14-13(15)18-11-5-3-9(4-6-11)12(16)10-2-1-7-17-8-10/h3-6,8,13H,1-2,7H2. The molecule has 1 aliphatic heterocycles. The van der Waals surface area contributed by atoms with E-state index in [-0.39, 0.29) is 11.5 Å². The molecule has 0 saturated heterocycles. The van der Waals surface area contributed by atoms with Crippen molar-refractivity contribution in [3.8, 4) is 5.75 Å². The molecule has 5 heteroatoms. The fourth-order valence-electron chi connectivity index (χ4n) is 1.70. The van der Waals surface area contributed by atoms with Gasteiger partial charge in [0.15, 0.2) is 5.78 Å². The highest BCUT2D eigenvalue weighted by atomic mass is 19.3. The molecule has 2 rings (SSSR count). The number of rotatable bonds is 4. The van der Waals surface area contributed by atoms with Crippen molar-refractivity contribution in [3.63, 3.8) is 0 Å². The van der Waals surface area contributed by atoms with E-state index in [0.717, 1.165) is 6.42 Å². The Morgan fingerprint density at radius 1 is 1.28 bits per heavy atom. The van der Waals surface area contributed by atoms with Crippen LogP contribution < -0.4 is 4.74 Å². The topological polar surface area (TPSA) is 35.5 Å². The van der Waals surface area contributed by atoms with Crippen LogP contribution in [-0.4, -0.2) is 19.0 Å². The predicted molar refractivity (Wildman–Crippen MR) is 60.7 cm³/mol. The fourth-order valence-corrected chi connectivity index (χ4v) is 1.70. The molecule has 0 unspecified atom stereocenters. The van der Waals surface area contributed by atoms with E-state index in [4.69, 9.17) is 4.74 Å². The number of hydrogen-bond donors (Lipinski definition) is 0. The average Bonchev–Trinajstić information content (AvgIpc) is 2.39. The third-order valence-corrected chi connectivity index (χ3v) is 2.57. The SMILES string of the molecule is O=C(C1=COCCC1)c1ccc(OC(F)F)cc1. The Labute approximate surface area is 103 Å². The monoisotopic (exact) mass is 254 g/mol. The molecular formula is C13H12F2O3. The van der Waals surface area contributed by atoms with E-state index in [1.54, 1.807) is 0 Å². The number of ether oxygens (including phenoxy) is 2. The number of halogens is 2. The quantitative estimate of drug-likeness (QED) is 0.774. The van der Waals surface area contributed by atoms with Gasteiger partial charge in [0.25, 0.3) is 0 Å². The highest BCUT2D eigenvalue weighted by molar-refractivity contribution is 6.08. The number of Topliss-reactive ketones (excluding diaryl/α,β-unsaturated/α-hetero) is 1. The van der Waals surface area contributed by atoms with Gasteiger partial charge in [-0.1, -0.05) is 0 Å². The molecule has 0 aromatic heterocycles. The van der Waals surface area contributed by atoms with Gasteiger partial charge in [0.1, 0.15) is 5.75 Å². The van der Waals surface area contributed by atoms with E-state index in [0.29, 0.717) is 24.2 Å². The fraction of sp³-hybridized carbons (Fsp3) is 0.308. The van der Waals surface area contributed by atoms with Gasteiger partial charge in [0.2, 0.25) is 0 Å². The number of alkyl halides is 2. The van der Waals surface area contributed by atoms with E-state index in [1.165, 1.54) is 30.5 Å². The largest absolute Gasteiger partial charge is 0.501 e. The zero-order valence-electron chi connectivity index (χ0n) is 9.57. The molecule has 0 aliphatic carbocycles. The molecular weight excluding hydrogens is 242 g/mol. The van der Waals surface area contributed by atoms with E-state index in [9.17, 15) is 13.6 Å². The summed E-state index contributed by atoms with van der Waals surface area (Å²) in [7, 11) is 0. The van der Waals surface area contributed by atoms with Gasteiger partial charge < -0.3 is 9.47 Å². The molecule has 1 aliphatic rings. The van der Waals surface area contributed by atoms with Crippen LogP contribution in [0.3, 0.4) is 0 Å². The summed E-state index contributed by atoms with van der Waals surface area (Å²) >= 11 is 0. The van der Waals surface area contributed by atoms with E-state index < -0.39 is 6.61 Å². The maximum atomic E-state index is 12.0. The number of ketones is 1. The highest BCUT2D eigenvalue weighted by Gasteiger charge is 2.15. The van der Waals surface area contributed by atoms with Crippen LogP contribution in [-0.2, 0) is 4.74 Å². The van der Waals surface area contributed by atoms with Gasteiger partial charge in [0.05, 0.1) is 12.9 Å². The van der Waals surface area contributed by atoms with Gasteiger partial charge in [-0.25, -0.2) is 0 Å². The molecule has 18 heavy (non-hydrogen) atoms. The third kappa shape index (κ3) is 3.06. The first-order chi connectivity index (χ1) is 8.66. The van der Waals surface area contributed by atoms with E-state index in [1.807, 2.05) is 0 Å². The molecule has 0 spiro atoms. The minimum absolute atomic E-state index is 0.0374. The predicted octanol–water partition coefficient (Wildman–Crippen LogP) is 3.17. The number of carbonyl (C=O) groups is 1. The average molecular weight is 254 g/mol. The van der Waals surface area contributed by atoms with Gasteiger partial charge in [-0.3, -0.25) is 4.79 Å². The summed E-state index contributed by atoms with van der Waals surface area (Å²) in [6.07, 6.45) is 2.95. The highest BCUT2D eigenvalue weighted by Crippen LogP contribution is 2.20. The number of benzene rings is 1. The zero-order valence-corrected chi connectivity index (χ0v) is 9.57. The molecule has 0 saturated carbocycles. The van der Waals surface area contributed by atoms with Crippen molar-refractivity contribution in [2.45, 2.75) is 19.5 Å². The summed E-state index contributed by atoms with van der Waals surface area (Å²) in [4.78, 5) is 12.0. The zero-order chi connectivity index (χ0) is 13.0. The summed E-state index contributed by atoms with van der Waals surface area (Å²) in [5, 5.41) is 0. The number of allylic oxidation sites excluding steroid dienone is 1. The Bertz CT molecular complexity index is 452. The second-order valence-electron chi connectivity index (χ2n) is 3.85. The molecule has 0 bridgehead atoms. The Morgan fingerprint density at radius 3 is 2.56 bits per heavy atom. The lowest BCUT2D eigenvalue weighted by atomic mass is 10.00. The Morgan fingerprint density at radius 2 is 2.00 bits per heavy atom. The second-order valence-corrected chi connectivity index (χ2v) is 3.85. The first-order valence-corrected chi connectivity index (χ1v) is 5.57. The van der Waals surface area contributed by atoms with Gasteiger partial charge in [0, 0.05) is 11.1 Å². The summed E-state index contributed by atoms with van der Waals surface area (Å²) < 4.78 is 33.2. The summed E-state index contributed by atoms with van der Waals surface area (Å²) in [6.45, 7) is -2.24. The van der Waals surface area contributed by atoms with Crippen LogP contribution in [0.15, 0.2) is 36.1 Å². The maximum absolute atomic E-state index is 12.0. The van der Waals surface area contributed by atoms with Crippen molar-refractivity contribution in [3.05, 3.63) is 41.7 Å². The first kappa shape index (κ1) is 12.5. The minimum atomic E-state index is -2.86. The lowest BCUT2D eigenvalue weighted by Crippen LogP contribution is -2.09. The molecule has 0 N–H and O–H groups in total. The van der Waals surface area contributed by atoms with Crippen molar-refractivity contribution in [1.82, 2.24) is 0 Å². The van der Waals surface area contributed by atoms with Gasteiger partial charge >= 0.3 is 6.61 Å². The smallest absolute Gasteiger partial charge is 0.387 e. The van der Waals surface area contributed by atoms with Crippen LogP contribution in [0.4, 0.5) is 8.78 Å². The van der Waals surface area contributed by atoms with E-state index >= 15 is 0 Å². The van der Waals surface area contributed by atoms with Crippen LogP contribution in [0.25, 0.3) is 0 Å².